The molecule has 0 unspecified atom stereocenters. The van der Waals surface area contributed by atoms with Crippen molar-refractivity contribution in [3.05, 3.63) is 41.0 Å². The first-order chi connectivity index (χ1) is 10.7. The summed E-state index contributed by atoms with van der Waals surface area (Å²) in [5.41, 5.74) is 0.958. The summed E-state index contributed by atoms with van der Waals surface area (Å²) in [4.78, 5) is 3.40. The summed E-state index contributed by atoms with van der Waals surface area (Å²) in [6.07, 6.45) is -1.79. The molecule has 10 heteroatoms. The molecule has 2 aromatic rings. The lowest BCUT2D eigenvalue weighted by atomic mass is 10.0. The SMILES string of the molecule is Cc1cc(F)cc([C@@H]2C[C@H](F)c3nc(S(=O)(=O)C(F)F)nn32)c1. The normalized spacial score (nSPS) is 21.0. The van der Waals surface area contributed by atoms with E-state index in [1.807, 2.05) is 0 Å². The van der Waals surface area contributed by atoms with E-state index >= 15 is 0 Å². The summed E-state index contributed by atoms with van der Waals surface area (Å²) < 4.78 is 76.5. The van der Waals surface area contributed by atoms with Crippen molar-refractivity contribution in [3.63, 3.8) is 0 Å². The number of benzene rings is 1. The number of aromatic nitrogens is 3. The maximum Gasteiger partial charge on any atom is 0.344 e. The molecule has 0 bridgehead atoms. The molecule has 124 valence electrons. The lowest BCUT2D eigenvalue weighted by Gasteiger charge is -2.12. The van der Waals surface area contributed by atoms with E-state index in [2.05, 4.69) is 10.1 Å². The Bertz CT molecular complexity index is 846. The highest BCUT2D eigenvalue weighted by Crippen LogP contribution is 2.40. The summed E-state index contributed by atoms with van der Waals surface area (Å²) in [5.74, 6) is -4.58. The molecule has 0 radical (unpaired) electrons. The average Bonchev–Trinajstić information content (AvgIpc) is 2.99. The van der Waals surface area contributed by atoms with E-state index in [9.17, 15) is 26.0 Å². The number of hydrogen-bond acceptors (Lipinski definition) is 4. The highest BCUT2D eigenvalue weighted by molar-refractivity contribution is 7.91. The third kappa shape index (κ3) is 2.60. The summed E-state index contributed by atoms with van der Waals surface area (Å²) >= 11 is 0. The zero-order chi connectivity index (χ0) is 16.9. The maximum atomic E-state index is 14.1. The van der Waals surface area contributed by atoms with Crippen LogP contribution in [0.3, 0.4) is 0 Å². The zero-order valence-electron chi connectivity index (χ0n) is 11.7. The first-order valence-electron chi connectivity index (χ1n) is 6.60. The Kier molecular flexibility index (Phi) is 3.66. The Balaban J connectivity index is 2.09. The Morgan fingerprint density at radius 2 is 2.00 bits per heavy atom. The smallest absolute Gasteiger partial charge is 0.239 e. The van der Waals surface area contributed by atoms with Gasteiger partial charge in [0.25, 0.3) is 15.0 Å². The fourth-order valence-corrected chi connectivity index (χ4v) is 3.18. The molecule has 5 nitrogen and oxygen atoms in total. The van der Waals surface area contributed by atoms with Crippen molar-refractivity contribution < 1.29 is 26.0 Å². The van der Waals surface area contributed by atoms with Crippen LogP contribution < -0.4 is 0 Å². The van der Waals surface area contributed by atoms with Gasteiger partial charge in [0.15, 0.2) is 12.0 Å². The molecule has 0 fully saturated rings. The summed E-state index contributed by atoms with van der Waals surface area (Å²) in [6, 6.07) is 3.24. The molecule has 0 aliphatic carbocycles. The van der Waals surface area contributed by atoms with E-state index in [1.165, 1.54) is 12.1 Å². The fourth-order valence-electron chi connectivity index (χ4n) is 2.59. The molecule has 1 aliphatic rings. The van der Waals surface area contributed by atoms with E-state index in [0.717, 1.165) is 4.68 Å². The Hall–Kier alpha value is -1.97. The number of halogens is 4. The zero-order valence-corrected chi connectivity index (χ0v) is 12.6. The lowest BCUT2D eigenvalue weighted by molar-refractivity contribution is 0.233. The Morgan fingerprint density at radius 1 is 1.30 bits per heavy atom. The van der Waals surface area contributed by atoms with Crippen LogP contribution in [-0.2, 0) is 9.84 Å². The number of sulfone groups is 1. The minimum Gasteiger partial charge on any atom is -0.239 e. The molecule has 0 amide bonds. The quantitative estimate of drug-likeness (QED) is 0.800. The van der Waals surface area contributed by atoms with Crippen LogP contribution in [0.1, 0.15) is 35.6 Å². The van der Waals surface area contributed by atoms with Crippen molar-refractivity contribution in [1.82, 2.24) is 14.8 Å². The number of rotatable bonds is 3. The third-order valence-electron chi connectivity index (χ3n) is 3.58. The van der Waals surface area contributed by atoms with Crippen molar-refractivity contribution in [2.24, 2.45) is 0 Å². The fraction of sp³-hybridized carbons (Fsp3) is 0.385. The molecule has 0 spiro atoms. The van der Waals surface area contributed by atoms with E-state index in [0.29, 0.717) is 11.1 Å². The Labute approximate surface area is 128 Å². The first kappa shape index (κ1) is 15.9. The van der Waals surface area contributed by atoms with Gasteiger partial charge < -0.3 is 0 Å². The number of alkyl halides is 3. The summed E-state index contributed by atoms with van der Waals surface area (Å²) in [6.45, 7) is 1.64. The number of aryl methyl sites for hydroxylation is 1. The van der Waals surface area contributed by atoms with E-state index in [-0.39, 0.29) is 12.2 Å². The molecule has 0 N–H and O–H groups in total. The minimum atomic E-state index is -5.02. The van der Waals surface area contributed by atoms with Gasteiger partial charge in [0.1, 0.15) is 5.82 Å². The van der Waals surface area contributed by atoms with Gasteiger partial charge in [-0.05, 0) is 30.2 Å². The van der Waals surface area contributed by atoms with Crippen molar-refractivity contribution in [3.8, 4) is 0 Å². The van der Waals surface area contributed by atoms with Crippen LogP contribution in [0, 0.1) is 12.7 Å². The van der Waals surface area contributed by atoms with Gasteiger partial charge in [-0.1, -0.05) is 6.07 Å². The molecule has 23 heavy (non-hydrogen) atoms. The number of fused-ring (bicyclic) bond motifs is 1. The van der Waals surface area contributed by atoms with Gasteiger partial charge in [-0.2, -0.15) is 13.8 Å². The van der Waals surface area contributed by atoms with Gasteiger partial charge in [-0.25, -0.2) is 21.9 Å². The molecule has 0 saturated carbocycles. The van der Waals surface area contributed by atoms with Crippen LogP contribution in [0.4, 0.5) is 17.6 Å². The maximum absolute atomic E-state index is 14.1. The predicted molar refractivity (Wildman–Crippen MR) is 71.0 cm³/mol. The van der Waals surface area contributed by atoms with Crippen molar-refractivity contribution in [2.75, 3.05) is 0 Å². The summed E-state index contributed by atoms with van der Waals surface area (Å²) in [5, 5.41) is 2.40. The van der Waals surface area contributed by atoms with Gasteiger partial charge in [0.2, 0.25) is 0 Å². The molecular weight excluding hydrogens is 338 g/mol. The van der Waals surface area contributed by atoms with Gasteiger partial charge >= 0.3 is 5.76 Å². The second kappa shape index (κ2) is 5.29. The van der Waals surface area contributed by atoms with Gasteiger partial charge in [-0.3, -0.25) is 0 Å². The van der Waals surface area contributed by atoms with Gasteiger partial charge in [0.05, 0.1) is 6.04 Å². The monoisotopic (exact) mass is 349 g/mol. The van der Waals surface area contributed by atoms with Crippen molar-refractivity contribution >= 4 is 9.84 Å². The van der Waals surface area contributed by atoms with Gasteiger partial charge in [0, 0.05) is 6.42 Å². The first-order valence-corrected chi connectivity index (χ1v) is 8.14. The second-order valence-electron chi connectivity index (χ2n) is 5.28. The minimum absolute atomic E-state index is 0.118. The topological polar surface area (TPSA) is 64.8 Å². The molecule has 0 saturated heterocycles. The molecule has 3 rings (SSSR count). The highest BCUT2D eigenvalue weighted by atomic mass is 32.2. The van der Waals surface area contributed by atoms with E-state index < -0.39 is 38.8 Å². The third-order valence-corrected chi connectivity index (χ3v) is 4.73. The van der Waals surface area contributed by atoms with Crippen LogP contribution in [-0.4, -0.2) is 28.9 Å². The van der Waals surface area contributed by atoms with Crippen LogP contribution >= 0.6 is 0 Å². The van der Waals surface area contributed by atoms with Crippen LogP contribution in [0.15, 0.2) is 23.4 Å². The Morgan fingerprint density at radius 3 is 2.61 bits per heavy atom. The predicted octanol–water partition coefficient (Wildman–Crippen LogP) is 2.73. The largest absolute Gasteiger partial charge is 0.344 e. The van der Waals surface area contributed by atoms with Crippen LogP contribution in [0.5, 0.6) is 0 Å². The van der Waals surface area contributed by atoms with E-state index in [1.54, 1.807) is 13.0 Å². The molecule has 1 aromatic carbocycles. The van der Waals surface area contributed by atoms with Crippen molar-refractivity contribution in [1.29, 1.82) is 0 Å². The summed E-state index contributed by atoms with van der Waals surface area (Å²) in [7, 11) is -5.02. The molecule has 2 atom stereocenters. The van der Waals surface area contributed by atoms with Crippen LogP contribution in [0.25, 0.3) is 0 Å². The van der Waals surface area contributed by atoms with Crippen molar-refractivity contribution in [2.45, 2.75) is 36.5 Å². The average molecular weight is 349 g/mol. The number of hydrogen-bond donors (Lipinski definition) is 0. The van der Waals surface area contributed by atoms with E-state index in [4.69, 9.17) is 0 Å². The van der Waals surface area contributed by atoms with Gasteiger partial charge in [-0.15, -0.1) is 5.10 Å². The molecule has 2 heterocycles. The molecule has 1 aromatic heterocycles. The second-order valence-corrected chi connectivity index (χ2v) is 7.10. The number of nitrogens with zero attached hydrogens (tertiary/aromatic N) is 3. The van der Waals surface area contributed by atoms with Crippen LogP contribution in [0.2, 0.25) is 0 Å². The highest BCUT2D eigenvalue weighted by Gasteiger charge is 2.40. The molecule has 1 aliphatic heterocycles. The lowest BCUT2D eigenvalue weighted by Crippen LogP contribution is -2.15. The standard InChI is InChI=1S/C13H11F4N3O2S/c1-6-2-7(4-8(14)3-6)10-5-9(15)11-18-13(19-20(10)11)23(21,22)12(16)17/h2-4,9-10,12H,5H2,1H3/t9-,10-/m0/s1. The molecular formula is C13H11F4N3O2S.